The van der Waals surface area contributed by atoms with Crippen molar-refractivity contribution in [1.29, 1.82) is 0 Å². The molecule has 7 heteroatoms. The molecular weight excluding hydrogens is 295 g/mol. The van der Waals surface area contributed by atoms with E-state index < -0.39 is 15.8 Å². The smallest absolute Gasteiger partial charge is 0.238 e. The largest absolute Gasteiger partial charge is 0.337 e. The van der Waals surface area contributed by atoms with Crippen LogP contribution in [-0.2, 0) is 20.6 Å². The Morgan fingerprint density at radius 3 is 2.38 bits per heavy atom. The lowest BCUT2D eigenvalue weighted by Gasteiger charge is -2.33. The fourth-order valence-corrected chi connectivity index (χ4v) is 4.02. The molecule has 1 heterocycles. The van der Waals surface area contributed by atoms with Crippen molar-refractivity contribution in [2.45, 2.75) is 24.6 Å². The molecule has 1 aromatic rings. The third kappa shape index (κ3) is 3.24. The molecular formula is C14H17FN2O3S. The monoisotopic (exact) mass is 312 g/mol. The Balaban J connectivity index is 1.67. The quantitative estimate of drug-likeness (QED) is 0.832. The number of hydrogen-bond donors (Lipinski definition) is 0. The maximum Gasteiger partial charge on any atom is 0.238 e. The molecule has 1 aliphatic carbocycles. The van der Waals surface area contributed by atoms with Crippen molar-refractivity contribution in [3.05, 3.63) is 35.6 Å². The van der Waals surface area contributed by atoms with Crippen LogP contribution in [-0.4, -0.2) is 49.2 Å². The fraction of sp³-hybridized carbons (Fsp3) is 0.500. The van der Waals surface area contributed by atoms with Crippen molar-refractivity contribution in [2.75, 3.05) is 19.6 Å². The molecule has 1 aliphatic heterocycles. The zero-order chi connectivity index (χ0) is 15.0. The molecule has 114 valence electrons. The lowest BCUT2D eigenvalue weighted by atomic mass is 10.2. The summed E-state index contributed by atoms with van der Waals surface area (Å²) >= 11 is 0. The third-order valence-corrected chi connectivity index (χ3v) is 5.66. The highest BCUT2D eigenvalue weighted by Crippen LogP contribution is 2.28. The van der Waals surface area contributed by atoms with Gasteiger partial charge in [-0.05, 0) is 30.5 Å². The topological polar surface area (TPSA) is 57.7 Å². The van der Waals surface area contributed by atoms with Gasteiger partial charge in [-0.1, -0.05) is 12.1 Å². The second-order valence-corrected chi connectivity index (χ2v) is 7.50. The Morgan fingerprint density at radius 1 is 1.14 bits per heavy atom. The van der Waals surface area contributed by atoms with Crippen LogP contribution in [0.2, 0.25) is 0 Å². The average molecular weight is 312 g/mol. The second kappa shape index (κ2) is 5.38. The lowest BCUT2D eigenvalue weighted by molar-refractivity contribution is -0.134. The molecule has 2 aliphatic rings. The summed E-state index contributed by atoms with van der Waals surface area (Å²) in [4.78, 5) is 13.8. The van der Waals surface area contributed by atoms with Gasteiger partial charge < -0.3 is 4.90 Å². The number of piperazine rings is 1. The zero-order valence-corrected chi connectivity index (χ0v) is 12.4. The third-order valence-electron chi connectivity index (χ3n) is 3.87. The van der Waals surface area contributed by atoms with Crippen LogP contribution in [0.3, 0.4) is 0 Å². The summed E-state index contributed by atoms with van der Waals surface area (Å²) in [5, 5.41) is 0. The number of sulfonamides is 1. The SMILES string of the molecule is O=C1CN(S(=O)(=O)Cc2ccc(F)cc2)CCN1C1CC1. The molecule has 1 saturated carbocycles. The van der Waals surface area contributed by atoms with E-state index >= 15 is 0 Å². The number of benzene rings is 1. The number of rotatable bonds is 4. The maximum absolute atomic E-state index is 12.8. The Labute approximate surface area is 123 Å². The van der Waals surface area contributed by atoms with Gasteiger partial charge in [0.15, 0.2) is 0 Å². The van der Waals surface area contributed by atoms with Gasteiger partial charge in [-0.3, -0.25) is 4.79 Å². The van der Waals surface area contributed by atoms with Crippen LogP contribution in [0.4, 0.5) is 4.39 Å². The molecule has 3 rings (SSSR count). The number of halogens is 1. The summed E-state index contributed by atoms with van der Waals surface area (Å²) in [6.45, 7) is 0.720. The Kier molecular flexibility index (Phi) is 3.71. The van der Waals surface area contributed by atoms with E-state index in [1.165, 1.54) is 28.6 Å². The minimum absolute atomic E-state index is 0.0833. The van der Waals surface area contributed by atoms with Crippen LogP contribution < -0.4 is 0 Å². The molecule has 0 atom stereocenters. The molecule has 21 heavy (non-hydrogen) atoms. The molecule has 0 N–H and O–H groups in total. The first-order chi connectivity index (χ1) is 9.95. The number of nitrogens with zero attached hydrogens (tertiary/aromatic N) is 2. The summed E-state index contributed by atoms with van der Waals surface area (Å²) in [7, 11) is -3.55. The molecule has 2 fully saturated rings. The Morgan fingerprint density at radius 2 is 1.81 bits per heavy atom. The normalized spacial score (nSPS) is 20.8. The van der Waals surface area contributed by atoms with Gasteiger partial charge in [0, 0.05) is 19.1 Å². The molecule has 5 nitrogen and oxygen atoms in total. The number of amides is 1. The van der Waals surface area contributed by atoms with Crippen molar-refractivity contribution in [3.63, 3.8) is 0 Å². The van der Waals surface area contributed by atoms with Gasteiger partial charge in [0.05, 0.1) is 12.3 Å². The first kappa shape index (κ1) is 14.5. The molecule has 0 unspecified atom stereocenters. The van der Waals surface area contributed by atoms with Crippen LogP contribution >= 0.6 is 0 Å². The highest BCUT2D eigenvalue weighted by atomic mass is 32.2. The summed E-state index contributed by atoms with van der Waals surface area (Å²) in [6, 6.07) is 5.70. The van der Waals surface area contributed by atoms with E-state index in [4.69, 9.17) is 0 Å². The van der Waals surface area contributed by atoms with Gasteiger partial charge in [0.25, 0.3) is 0 Å². The van der Waals surface area contributed by atoms with Crippen LogP contribution in [0.25, 0.3) is 0 Å². The van der Waals surface area contributed by atoms with E-state index in [1.54, 1.807) is 4.90 Å². The van der Waals surface area contributed by atoms with Crippen LogP contribution in [0.15, 0.2) is 24.3 Å². The first-order valence-electron chi connectivity index (χ1n) is 6.97. The molecule has 1 amide bonds. The molecule has 0 aromatic heterocycles. The van der Waals surface area contributed by atoms with E-state index in [-0.39, 0.29) is 18.2 Å². The standard InChI is InChI=1S/C14H17FN2O3S/c15-12-3-1-11(2-4-12)10-21(19,20)16-7-8-17(13-5-6-13)14(18)9-16/h1-4,13H,5-10H2. The molecule has 1 aromatic carbocycles. The molecule has 1 saturated heterocycles. The van der Waals surface area contributed by atoms with Gasteiger partial charge in [-0.2, -0.15) is 4.31 Å². The van der Waals surface area contributed by atoms with Crippen molar-refractivity contribution in [1.82, 2.24) is 9.21 Å². The predicted molar refractivity (Wildman–Crippen MR) is 75.3 cm³/mol. The van der Waals surface area contributed by atoms with Gasteiger partial charge in [0.1, 0.15) is 5.82 Å². The number of carbonyl (C=O) groups is 1. The number of carbonyl (C=O) groups excluding carboxylic acids is 1. The molecule has 0 bridgehead atoms. The fourth-order valence-electron chi connectivity index (χ4n) is 2.56. The highest BCUT2D eigenvalue weighted by Gasteiger charge is 2.38. The second-order valence-electron chi connectivity index (χ2n) is 5.53. The van der Waals surface area contributed by atoms with Crippen LogP contribution in [0, 0.1) is 5.82 Å². The van der Waals surface area contributed by atoms with Crippen LogP contribution in [0.1, 0.15) is 18.4 Å². The van der Waals surface area contributed by atoms with E-state index in [2.05, 4.69) is 0 Å². The minimum Gasteiger partial charge on any atom is -0.337 e. The first-order valence-corrected chi connectivity index (χ1v) is 8.58. The lowest BCUT2D eigenvalue weighted by Crippen LogP contribution is -2.53. The van der Waals surface area contributed by atoms with Crippen molar-refractivity contribution in [2.24, 2.45) is 0 Å². The summed E-state index contributed by atoms with van der Waals surface area (Å²) in [5.41, 5.74) is 0.522. The van der Waals surface area contributed by atoms with E-state index in [0.29, 0.717) is 24.7 Å². The van der Waals surface area contributed by atoms with Gasteiger partial charge >= 0.3 is 0 Å². The summed E-state index contributed by atoms with van der Waals surface area (Å²) in [6.07, 6.45) is 2.04. The minimum atomic E-state index is -3.55. The summed E-state index contributed by atoms with van der Waals surface area (Å²) < 4.78 is 38.8. The van der Waals surface area contributed by atoms with Crippen molar-refractivity contribution in [3.8, 4) is 0 Å². The predicted octanol–water partition coefficient (Wildman–Crippen LogP) is 0.962. The zero-order valence-electron chi connectivity index (χ0n) is 11.5. The van der Waals surface area contributed by atoms with E-state index in [9.17, 15) is 17.6 Å². The Hall–Kier alpha value is -1.47. The molecule has 0 radical (unpaired) electrons. The van der Waals surface area contributed by atoms with Crippen molar-refractivity contribution >= 4 is 15.9 Å². The Bertz CT molecular complexity index is 641. The average Bonchev–Trinajstić information content (AvgIpc) is 3.25. The van der Waals surface area contributed by atoms with Crippen LogP contribution in [0.5, 0.6) is 0 Å². The number of hydrogen-bond acceptors (Lipinski definition) is 3. The summed E-state index contributed by atoms with van der Waals surface area (Å²) in [5.74, 6) is -0.722. The van der Waals surface area contributed by atoms with Crippen molar-refractivity contribution < 1.29 is 17.6 Å². The molecule has 0 spiro atoms. The van der Waals surface area contributed by atoms with E-state index in [0.717, 1.165) is 12.8 Å². The van der Waals surface area contributed by atoms with Gasteiger partial charge in [-0.25, -0.2) is 12.8 Å². The highest BCUT2D eigenvalue weighted by molar-refractivity contribution is 7.88. The van der Waals surface area contributed by atoms with Gasteiger partial charge in [-0.15, -0.1) is 0 Å². The van der Waals surface area contributed by atoms with Gasteiger partial charge in [0.2, 0.25) is 15.9 Å². The van der Waals surface area contributed by atoms with E-state index in [1.807, 2.05) is 0 Å². The maximum atomic E-state index is 12.8.